The summed E-state index contributed by atoms with van der Waals surface area (Å²) in [5, 5.41) is 0. The molecule has 0 spiro atoms. The fraction of sp³-hybridized carbons (Fsp3) is 0.188. The highest BCUT2D eigenvalue weighted by Gasteiger charge is 2.09. The summed E-state index contributed by atoms with van der Waals surface area (Å²) in [4.78, 5) is 13.0. The fourth-order valence-corrected chi connectivity index (χ4v) is 2.51. The van der Waals surface area contributed by atoms with Gasteiger partial charge in [-0.25, -0.2) is 15.0 Å². The van der Waals surface area contributed by atoms with E-state index in [1.165, 1.54) is 6.39 Å². The summed E-state index contributed by atoms with van der Waals surface area (Å²) in [5.74, 6) is 0. The standard InChI is InChI=1S/C16H14N4O/c1-10(2)20-8-17-13-4-3-11(7-15(13)20)12-5-6-14-16(19-12)21-9-18-14/h3-10H,1-2H3. The van der Waals surface area contributed by atoms with E-state index in [0.717, 1.165) is 27.8 Å². The van der Waals surface area contributed by atoms with Crippen LogP contribution < -0.4 is 0 Å². The van der Waals surface area contributed by atoms with Crippen molar-refractivity contribution in [1.29, 1.82) is 0 Å². The number of benzene rings is 1. The van der Waals surface area contributed by atoms with Gasteiger partial charge in [-0.05, 0) is 38.1 Å². The topological polar surface area (TPSA) is 56.7 Å². The van der Waals surface area contributed by atoms with Gasteiger partial charge in [0.15, 0.2) is 6.39 Å². The zero-order chi connectivity index (χ0) is 14.4. The first-order valence-corrected chi connectivity index (χ1v) is 6.89. The Morgan fingerprint density at radius 2 is 1.90 bits per heavy atom. The predicted molar refractivity (Wildman–Crippen MR) is 80.9 cm³/mol. The number of pyridine rings is 1. The number of imidazole rings is 1. The Morgan fingerprint density at radius 1 is 1.05 bits per heavy atom. The van der Waals surface area contributed by atoms with Crippen LogP contribution in [0.4, 0.5) is 0 Å². The Kier molecular flexibility index (Phi) is 2.54. The lowest BCUT2D eigenvalue weighted by molar-refractivity contribution is 0.591. The predicted octanol–water partition coefficient (Wildman–Crippen LogP) is 3.82. The molecule has 0 amide bonds. The molecule has 0 aliphatic carbocycles. The minimum Gasteiger partial charge on any atom is -0.425 e. The zero-order valence-corrected chi connectivity index (χ0v) is 11.8. The van der Waals surface area contributed by atoms with Gasteiger partial charge in [0.25, 0.3) is 0 Å². The van der Waals surface area contributed by atoms with Crippen molar-refractivity contribution in [2.75, 3.05) is 0 Å². The van der Waals surface area contributed by atoms with Crippen molar-refractivity contribution < 1.29 is 4.42 Å². The zero-order valence-electron chi connectivity index (χ0n) is 11.8. The minimum atomic E-state index is 0.370. The molecule has 4 rings (SSSR count). The first kappa shape index (κ1) is 12.1. The number of hydrogen-bond acceptors (Lipinski definition) is 4. The molecule has 0 aliphatic heterocycles. The highest BCUT2D eigenvalue weighted by molar-refractivity contribution is 5.82. The molecule has 3 aromatic heterocycles. The molecule has 0 atom stereocenters. The Morgan fingerprint density at radius 3 is 2.76 bits per heavy atom. The first-order chi connectivity index (χ1) is 10.2. The lowest BCUT2D eigenvalue weighted by Gasteiger charge is -2.08. The van der Waals surface area contributed by atoms with Crippen LogP contribution in [0.25, 0.3) is 33.5 Å². The summed E-state index contributed by atoms with van der Waals surface area (Å²) in [5.41, 5.74) is 5.35. The van der Waals surface area contributed by atoms with E-state index in [2.05, 4.69) is 39.4 Å². The van der Waals surface area contributed by atoms with E-state index in [1.54, 1.807) is 0 Å². The summed E-state index contributed by atoms with van der Waals surface area (Å²) >= 11 is 0. The summed E-state index contributed by atoms with van der Waals surface area (Å²) in [6.07, 6.45) is 3.30. The molecular formula is C16H14N4O. The molecule has 0 saturated carbocycles. The molecule has 5 nitrogen and oxygen atoms in total. The van der Waals surface area contributed by atoms with Gasteiger partial charge >= 0.3 is 0 Å². The monoisotopic (exact) mass is 278 g/mol. The van der Waals surface area contributed by atoms with Gasteiger partial charge in [0.2, 0.25) is 5.71 Å². The van der Waals surface area contributed by atoms with Crippen LogP contribution in [0.5, 0.6) is 0 Å². The summed E-state index contributed by atoms with van der Waals surface area (Å²) in [7, 11) is 0. The molecule has 0 N–H and O–H groups in total. The second-order valence-corrected chi connectivity index (χ2v) is 5.32. The molecule has 5 heteroatoms. The van der Waals surface area contributed by atoms with E-state index in [-0.39, 0.29) is 0 Å². The van der Waals surface area contributed by atoms with Crippen molar-refractivity contribution in [3.05, 3.63) is 43.1 Å². The summed E-state index contributed by atoms with van der Waals surface area (Å²) in [6, 6.07) is 10.4. The summed E-state index contributed by atoms with van der Waals surface area (Å²) in [6.45, 7) is 4.29. The molecule has 0 aliphatic rings. The Labute approximate surface area is 121 Å². The van der Waals surface area contributed by atoms with E-state index in [1.807, 2.05) is 30.6 Å². The molecular weight excluding hydrogens is 264 g/mol. The second-order valence-electron chi connectivity index (χ2n) is 5.32. The van der Waals surface area contributed by atoms with Crippen LogP contribution in [0.1, 0.15) is 19.9 Å². The third-order valence-electron chi connectivity index (χ3n) is 3.62. The van der Waals surface area contributed by atoms with Crippen LogP contribution in [0.3, 0.4) is 0 Å². The maximum atomic E-state index is 5.27. The maximum absolute atomic E-state index is 5.27. The Bertz CT molecular complexity index is 936. The van der Waals surface area contributed by atoms with E-state index in [0.29, 0.717) is 11.8 Å². The minimum absolute atomic E-state index is 0.370. The maximum Gasteiger partial charge on any atom is 0.247 e. The van der Waals surface area contributed by atoms with Gasteiger partial charge < -0.3 is 8.98 Å². The molecule has 0 radical (unpaired) electrons. The molecule has 0 saturated heterocycles. The van der Waals surface area contributed by atoms with Crippen LogP contribution in [0, 0.1) is 0 Å². The van der Waals surface area contributed by atoms with Crippen LogP contribution in [-0.2, 0) is 0 Å². The van der Waals surface area contributed by atoms with Gasteiger partial charge in [-0.15, -0.1) is 0 Å². The van der Waals surface area contributed by atoms with Crippen molar-refractivity contribution in [1.82, 2.24) is 19.5 Å². The number of fused-ring (bicyclic) bond motifs is 2. The van der Waals surface area contributed by atoms with Crippen molar-refractivity contribution in [3.63, 3.8) is 0 Å². The molecule has 4 aromatic rings. The number of hydrogen-bond donors (Lipinski definition) is 0. The van der Waals surface area contributed by atoms with Gasteiger partial charge in [0, 0.05) is 11.6 Å². The van der Waals surface area contributed by atoms with Crippen molar-refractivity contribution in [2.45, 2.75) is 19.9 Å². The molecule has 0 fully saturated rings. The molecule has 104 valence electrons. The lowest BCUT2D eigenvalue weighted by atomic mass is 10.1. The first-order valence-electron chi connectivity index (χ1n) is 6.89. The van der Waals surface area contributed by atoms with Crippen LogP contribution in [0.2, 0.25) is 0 Å². The van der Waals surface area contributed by atoms with Crippen molar-refractivity contribution in [3.8, 4) is 11.3 Å². The molecule has 0 bridgehead atoms. The fourth-order valence-electron chi connectivity index (χ4n) is 2.51. The van der Waals surface area contributed by atoms with E-state index >= 15 is 0 Å². The normalized spacial score (nSPS) is 11.8. The third-order valence-corrected chi connectivity index (χ3v) is 3.62. The van der Waals surface area contributed by atoms with Crippen molar-refractivity contribution >= 4 is 22.3 Å². The largest absolute Gasteiger partial charge is 0.425 e. The van der Waals surface area contributed by atoms with E-state index < -0.39 is 0 Å². The average Bonchev–Trinajstić information content (AvgIpc) is 3.12. The molecule has 21 heavy (non-hydrogen) atoms. The molecule has 3 heterocycles. The number of oxazole rings is 1. The second kappa shape index (κ2) is 4.41. The Hall–Kier alpha value is -2.69. The van der Waals surface area contributed by atoms with Gasteiger partial charge in [-0.2, -0.15) is 0 Å². The van der Waals surface area contributed by atoms with Crippen LogP contribution in [-0.4, -0.2) is 19.5 Å². The van der Waals surface area contributed by atoms with Crippen LogP contribution >= 0.6 is 0 Å². The third kappa shape index (κ3) is 1.89. The molecule has 0 unspecified atom stereocenters. The Balaban J connectivity index is 1.90. The van der Waals surface area contributed by atoms with Gasteiger partial charge in [0.05, 0.1) is 23.1 Å². The number of nitrogens with zero attached hydrogens (tertiary/aromatic N) is 4. The van der Waals surface area contributed by atoms with Gasteiger partial charge in [-0.3, -0.25) is 0 Å². The van der Waals surface area contributed by atoms with Crippen LogP contribution in [0.15, 0.2) is 47.5 Å². The quantitative estimate of drug-likeness (QED) is 0.559. The summed E-state index contributed by atoms with van der Waals surface area (Å²) < 4.78 is 7.43. The van der Waals surface area contributed by atoms with E-state index in [9.17, 15) is 0 Å². The van der Waals surface area contributed by atoms with Gasteiger partial charge in [-0.1, -0.05) is 6.07 Å². The molecule has 1 aromatic carbocycles. The van der Waals surface area contributed by atoms with Gasteiger partial charge in [0.1, 0.15) is 5.52 Å². The SMILES string of the molecule is CC(C)n1cnc2ccc(-c3ccc4ncoc4n3)cc21. The van der Waals surface area contributed by atoms with Crippen molar-refractivity contribution in [2.24, 2.45) is 0 Å². The van der Waals surface area contributed by atoms with E-state index in [4.69, 9.17) is 4.42 Å². The average molecular weight is 278 g/mol. The highest BCUT2D eigenvalue weighted by atomic mass is 16.3. The number of aromatic nitrogens is 4. The number of rotatable bonds is 2. The lowest BCUT2D eigenvalue weighted by Crippen LogP contribution is -1.98. The highest BCUT2D eigenvalue weighted by Crippen LogP contribution is 2.25. The smallest absolute Gasteiger partial charge is 0.247 e.